The molecule has 2 fully saturated rings. The first-order valence-corrected chi connectivity index (χ1v) is 9.82. The maximum Gasteiger partial charge on any atom is 0.262 e. The molecule has 2 heterocycles. The van der Waals surface area contributed by atoms with Crippen molar-refractivity contribution in [2.45, 2.75) is 18.7 Å². The summed E-state index contributed by atoms with van der Waals surface area (Å²) in [6, 6.07) is 25.1. The second kappa shape index (κ2) is 7.31. The summed E-state index contributed by atoms with van der Waals surface area (Å²) in [6.07, 6.45) is -0.875. The molecule has 30 heavy (non-hydrogen) atoms. The average molecular weight is 400 g/mol. The Morgan fingerprint density at radius 1 is 0.800 bits per heavy atom. The molecule has 2 aliphatic heterocycles. The second-order valence-electron chi connectivity index (χ2n) is 7.50. The molecule has 3 aromatic rings. The number of benzene rings is 3. The number of amides is 2. The Labute approximate surface area is 173 Å². The van der Waals surface area contributed by atoms with Gasteiger partial charge < -0.3 is 5.11 Å². The quantitative estimate of drug-likeness (QED) is 0.680. The molecular formula is C24H20N2O4. The highest BCUT2D eigenvalue weighted by atomic mass is 16.7. The fourth-order valence-electron chi connectivity index (χ4n) is 4.20. The van der Waals surface area contributed by atoms with Gasteiger partial charge in [0.15, 0.2) is 6.10 Å². The van der Waals surface area contributed by atoms with Gasteiger partial charge in [0.2, 0.25) is 5.91 Å². The lowest BCUT2D eigenvalue weighted by molar-refractivity contribution is -0.143. The molecule has 150 valence electrons. The molecule has 0 saturated carbocycles. The number of nitrogens with zero attached hydrogens (tertiary/aromatic N) is 2. The van der Waals surface area contributed by atoms with E-state index in [2.05, 4.69) is 0 Å². The van der Waals surface area contributed by atoms with E-state index >= 15 is 0 Å². The number of carbonyl (C=O) groups excluding carboxylic acids is 2. The lowest BCUT2D eigenvalue weighted by Gasteiger charge is -2.28. The van der Waals surface area contributed by atoms with Crippen LogP contribution in [0.1, 0.15) is 17.2 Å². The standard InChI is InChI=1S/C24H20N2O4/c27-19-13-11-17(12-14-19)21-20-22(30-26(21)18-9-5-2-6-10-18)24(29)25(23(20)28)15-16-7-3-1-4-8-16/h1-14,20-22,27H,15H2. The topological polar surface area (TPSA) is 70.1 Å². The highest BCUT2D eigenvalue weighted by Gasteiger charge is 2.59. The van der Waals surface area contributed by atoms with E-state index in [4.69, 9.17) is 4.84 Å². The van der Waals surface area contributed by atoms with E-state index in [1.807, 2.05) is 60.7 Å². The van der Waals surface area contributed by atoms with Crippen molar-refractivity contribution in [2.75, 3.05) is 5.06 Å². The van der Waals surface area contributed by atoms with Crippen molar-refractivity contribution in [3.63, 3.8) is 0 Å². The number of rotatable bonds is 4. The molecule has 6 heteroatoms. The van der Waals surface area contributed by atoms with Crippen LogP contribution in [0.2, 0.25) is 0 Å². The van der Waals surface area contributed by atoms with Gasteiger partial charge in [0.25, 0.3) is 5.91 Å². The lowest BCUT2D eigenvalue weighted by Crippen LogP contribution is -2.36. The highest BCUT2D eigenvalue weighted by Crippen LogP contribution is 2.47. The third kappa shape index (κ3) is 3.02. The molecule has 0 aromatic heterocycles. The zero-order valence-corrected chi connectivity index (χ0v) is 16.1. The molecule has 3 atom stereocenters. The third-order valence-electron chi connectivity index (χ3n) is 5.64. The smallest absolute Gasteiger partial charge is 0.262 e. The predicted molar refractivity (Wildman–Crippen MR) is 110 cm³/mol. The molecule has 5 rings (SSSR count). The number of carbonyl (C=O) groups is 2. The minimum absolute atomic E-state index is 0.139. The summed E-state index contributed by atoms with van der Waals surface area (Å²) in [5.74, 6) is -1.09. The van der Waals surface area contributed by atoms with E-state index < -0.39 is 18.1 Å². The van der Waals surface area contributed by atoms with Crippen LogP contribution in [0, 0.1) is 5.92 Å². The van der Waals surface area contributed by atoms with Crippen molar-refractivity contribution < 1.29 is 19.5 Å². The summed E-state index contributed by atoms with van der Waals surface area (Å²) >= 11 is 0. The number of aromatic hydroxyl groups is 1. The van der Waals surface area contributed by atoms with Crippen LogP contribution in [0.5, 0.6) is 5.75 Å². The normalized spacial score (nSPS) is 23.1. The number of hydrogen-bond acceptors (Lipinski definition) is 5. The Kier molecular flexibility index (Phi) is 4.48. The van der Waals surface area contributed by atoms with Crippen LogP contribution in [0.4, 0.5) is 5.69 Å². The maximum atomic E-state index is 13.4. The van der Waals surface area contributed by atoms with Crippen molar-refractivity contribution in [3.05, 3.63) is 96.1 Å². The summed E-state index contributed by atoms with van der Waals surface area (Å²) < 4.78 is 0. The first kappa shape index (κ1) is 18.4. The molecule has 3 unspecified atom stereocenters. The molecular weight excluding hydrogens is 380 g/mol. The Morgan fingerprint density at radius 3 is 2.10 bits per heavy atom. The Balaban J connectivity index is 1.52. The molecule has 1 N–H and O–H groups in total. The molecule has 2 saturated heterocycles. The number of fused-ring (bicyclic) bond motifs is 1. The van der Waals surface area contributed by atoms with Gasteiger partial charge in [-0.3, -0.25) is 19.3 Å². The lowest BCUT2D eigenvalue weighted by atomic mass is 9.90. The van der Waals surface area contributed by atoms with E-state index in [0.29, 0.717) is 0 Å². The van der Waals surface area contributed by atoms with Crippen LogP contribution >= 0.6 is 0 Å². The predicted octanol–water partition coefficient (Wildman–Crippen LogP) is 3.44. The van der Waals surface area contributed by atoms with E-state index in [1.165, 1.54) is 4.90 Å². The number of likely N-dealkylation sites (tertiary alicyclic amines) is 1. The van der Waals surface area contributed by atoms with Gasteiger partial charge in [0.05, 0.1) is 18.3 Å². The van der Waals surface area contributed by atoms with Crippen LogP contribution in [0.25, 0.3) is 0 Å². The number of hydrogen-bond donors (Lipinski definition) is 1. The van der Waals surface area contributed by atoms with Crippen LogP contribution < -0.4 is 5.06 Å². The second-order valence-corrected chi connectivity index (χ2v) is 7.50. The molecule has 2 aliphatic rings. The Bertz CT molecular complexity index is 1070. The van der Waals surface area contributed by atoms with E-state index in [9.17, 15) is 14.7 Å². The average Bonchev–Trinajstić information content (AvgIpc) is 3.28. The minimum Gasteiger partial charge on any atom is -0.508 e. The van der Waals surface area contributed by atoms with Gasteiger partial charge in [-0.2, -0.15) is 0 Å². The number of hydroxylamine groups is 1. The molecule has 2 amide bonds. The molecule has 0 spiro atoms. The van der Waals surface area contributed by atoms with Gasteiger partial charge in [-0.25, -0.2) is 5.06 Å². The Hall–Kier alpha value is -3.64. The highest BCUT2D eigenvalue weighted by molar-refractivity contribution is 6.07. The number of anilines is 1. The van der Waals surface area contributed by atoms with Crippen LogP contribution in [0.3, 0.4) is 0 Å². The summed E-state index contributed by atoms with van der Waals surface area (Å²) in [5, 5.41) is 11.3. The van der Waals surface area contributed by atoms with Gasteiger partial charge in [-0.15, -0.1) is 0 Å². The van der Waals surface area contributed by atoms with Crippen LogP contribution in [-0.4, -0.2) is 27.9 Å². The number of imide groups is 1. The summed E-state index contributed by atoms with van der Waals surface area (Å²) in [6.45, 7) is 0.225. The maximum absolute atomic E-state index is 13.4. The number of phenols is 1. The van der Waals surface area contributed by atoms with Gasteiger partial charge in [0.1, 0.15) is 11.7 Å². The largest absolute Gasteiger partial charge is 0.508 e. The SMILES string of the molecule is O=C1C2ON(c3ccccc3)C(c3ccc(O)cc3)C2C(=O)N1Cc1ccccc1. The molecule has 6 nitrogen and oxygen atoms in total. The third-order valence-corrected chi connectivity index (χ3v) is 5.64. The van der Waals surface area contributed by atoms with Crippen molar-refractivity contribution in [3.8, 4) is 5.75 Å². The first-order valence-electron chi connectivity index (χ1n) is 9.82. The van der Waals surface area contributed by atoms with Gasteiger partial charge in [0, 0.05) is 0 Å². The van der Waals surface area contributed by atoms with Crippen molar-refractivity contribution in [2.24, 2.45) is 5.92 Å². The van der Waals surface area contributed by atoms with E-state index in [-0.39, 0.29) is 24.1 Å². The van der Waals surface area contributed by atoms with E-state index in [0.717, 1.165) is 16.8 Å². The number of para-hydroxylation sites is 1. The molecule has 0 radical (unpaired) electrons. The monoisotopic (exact) mass is 400 g/mol. The number of phenolic OH excluding ortho intramolecular Hbond substituents is 1. The molecule has 0 aliphatic carbocycles. The van der Waals surface area contributed by atoms with Crippen molar-refractivity contribution in [1.29, 1.82) is 0 Å². The van der Waals surface area contributed by atoms with Crippen LogP contribution in [0.15, 0.2) is 84.9 Å². The summed E-state index contributed by atoms with van der Waals surface area (Å²) in [5.41, 5.74) is 2.45. The first-order chi connectivity index (χ1) is 14.6. The summed E-state index contributed by atoms with van der Waals surface area (Å²) in [4.78, 5) is 33.9. The van der Waals surface area contributed by atoms with Gasteiger partial charge in [-0.05, 0) is 35.4 Å². The van der Waals surface area contributed by atoms with E-state index in [1.54, 1.807) is 29.3 Å². The fourth-order valence-corrected chi connectivity index (χ4v) is 4.20. The zero-order valence-electron chi connectivity index (χ0n) is 16.1. The van der Waals surface area contributed by atoms with Crippen LogP contribution in [-0.2, 0) is 21.0 Å². The minimum atomic E-state index is -0.875. The van der Waals surface area contributed by atoms with Crippen molar-refractivity contribution >= 4 is 17.5 Å². The molecule has 3 aromatic carbocycles. The summed E-state index contributed by atoms with van der Waals surface area (Å²) in [7, 11) is 0. The zero-order chi connectivity index (χ0) is 20.7. The van der Waals surface area contributed by atoms with Gasteiger partial charge in [-0.1, -0.05) is 60.7 Å². The Morgan fingerprint density at radius 2 is 1.43 bits per heavy atom. The fraction of sp³-hybridized carbons (Fsp3) is 0.167. The van der Waals surface area contributed by atoms with Crippen molar-refractivity contribution in [1.82, 2.24) is 4.90 Å². The van der Waals surface area contributed by atoms with Gasteiger partial charge >= 0.3 is 0 Å². The molecule has 0 bridgehead atoms.